The summed E-state index contributed by atoms with van der Waals surface area (Å²) in [5.74, 6) is 0. The summed E-state index contributed by atoms with van der Waals surface area (Å²) in [5, 5.41) is 0.545. The van der Waals surface area contributed by atoms with Crippen molar-refractivity contribution in [1.29, 1.82) is 0 Å². The molecule has 0 radical (unpaired) electrons. The lowest BCUT2D eigenvalue weighted by molar-refractivity contribution is 1.11. The van der Waals surface area contributed by atoms with Gasteiger partial charge in [0.05, 0.1) is 0 Å². The SMILES string of the molecule is CC(C)SN=Cc1ccncc1. The molecule has 0 saturated heterocycles. The first-order chi connectivity index (χ1) is 5.79. The minimum Gasteiger partial charge on any atom is -0.265 e. The van der Waals surface area contributed by atoms with Crippen molar-refractivity contribution in [3.63, 3.8) is 0 Å². The summed E-state index contributed by atoms with van der Waals surface area (Å²) in [7, 11) is 0. The zero-order chi connectivity index (χ0) is 8.81. The molecule has 0 aromatic carbocycles. The lowest BCUT2D eigenvalue weighted by atomic mass is 10.3. The summed E-state index contributed by atoms with van der Waals surface area (Å²) in [6.45, 7) is 4.24. The molecule has 1 aromatic heterocycles. The van der Waals surface area contributed by atoms with Crippen LogP contribution in [0.25, 0.3) is 0 Å². The highest BCUT2D eigenvalue weighted by atomic mass is 32.2. The van der Waals surface area contributed by atoms with Crippen LogP contribution < -0.4 is 0 Å². The highest BCUT2D eigenvalue weighted by Gasteiger charge is 1.89. The molecule has 0 N–H and O–H groups in total. The molecule has 2 nitrogen and oxygen atoms in total. The molecule has 12 heavy (non-hydrogen) atoms. The Morgan fingerprint density at radius 2 is 2.08 bits per heavy atom. The first kappa shape index (κ1) is 9.26. The van der Waals surface area contributed by atoms with Crippen molar-refractivity contribution in [3.8, 4) is 0 Å². The molecule has 0 atom stereocenters. The van der Waals surface area contributed by atoms with Crippen LogP contribution in [-0.2, 0) is 0 Å². The number of nitrogens with zero attached hydrogens (tertiary/aromatic N) is 2. The average Bonchev–Trinajstić information content (AvgIpc) is 2.05. The van der Waals surface area contributed by atoms with Gasteiger partial charge in [-0.1, -0.05) is 13.8 Å². The van der Waals surface area contributed by atoms with Gasteiger partial charge in [0.1, 0.15) is 0 Å². The highest BCUT2D eigenvalue weighted by Crippen LogP contribution is 2.09. The summed E-state index contributed by atoms with van der Waals surface area (Å²) in [6.07, 6.45) is 5.38. The molecule has 1 heterocycles. The zero-order valence-electron chi connectivity index (χ0n) is 7.27. The van der Waals surface area contributed by atoms with Gasteiger partial charge in [-0.15, -0.1) is 0 Å². The van der Waals surface area contributed by atoms with Crippen molar-refractivity contribution in [2.24, 2.45) is 4.40 Å². The largest absolute Gasteiger partial charge is 0.265 e. The molecule has 0 amide bonds. The topological polar surface area (TPSA) is 25.2 Å². The molecule has 3 heteroatoms. The van der Waals surface area contributed by atoms with Crippen LogP contribution in [0.1, 0.15) is 19.4 Å². The van der Waals surface area contributed by atoms with Gasteiger partial charge < -0.3 is 0 Å². The average molecular weight is 180 g/mol. The Morgan fingerprint density at radius 3 is 2.67 bits per heavy atom. The quantitative estimate of drug-likeness (QED) is 0.527. The number of rotatable bonds is 3. The van der Waals surface area contributed by atoms with E-state index in [2.05, 4.69) is 23.2 Å². The zero-order valence-corrected chi connectivity index (χ0v) is 8.08. The monoisotopic (exact) mass is 180 g/mol. The Morgan fingerprint density at radius 1 is 1.42 bits per heavy atom. The number of pyridine rings is 1. The van der Waals surface area contributed by atoms with Gasteiger partial charge in [-0.05, 0) is 29.6 Å². The summed E-state index contributed by atoms with van der Waals surface area (Å²) in [6, 6.07) is 3.87. The van der Waals surface area contributed by atoms with E-state index in [0.717, 1.165) is 5.56 Å². The second-order valence-electron chi connectivity index (χ2n) is 2.67. The highest BCUT2D eigenvalue weighted by molar-refractivity contribution is 7.98. The third-order valence-electron chi connectivity index (χ3n) is 1.18. The van der Waals surface area contributed by atoms with Gasteiger partial charge in [-0.3, -0.25) is 4.98 Å². The van der Waals surface area contributed by atoms with Gasteiger partial charge in [-0.2, -0.15) is 0 Å². The van der Waals surface area contributed by atoms with Crippen LogP contribution in [0.3, 0.4) is 0 Å². The summed E-state index contributed by atoms with van der Waals surface area (Å²) in [4.78, 5) is 3.92. The Bertz CT molecular complexity index is 244. The van der Waals surface area contributed by atoms with Crippen LogP contribution in [0.5, 0.6) is 0 Å². The second kappa shape index (κ2) is 4.93. The molecule has 64 valence electrons. The first-order valence-electron chi connectivity index (χ1n) is 3.88. The lowest BCUT2D eigenvalue weighted by Gasteiger charge is -1.95. The number of aromatic nitrogens is 1. The Hall–Kier alpha value is -0.830. The van der Waals surface area contributed by atoms with E-state index in [-0.39, 0.29) is 0 Å². The van der Waals surface area contributed by atoms with Crippen molar-refractivity contribution < 1.29 is 0 Å². The summed E-state index contributed by atoms with van der Waals surface area (Å²) < 4.78 is 4.20. The maximum absolute atomic E-state index is 4.20. The number of hydrogen-bond acceptors (Lipinski definition) is 3. The van der Waals surface area contributed by atoms with E-state index in [1.807, 2.05) is 18.3 Å². The minimum absolute atomic E-state index is 0.545. The molecular formula is C9H12N2S. The van der Waals surface area contributed by atoms with Gasteiger partial charge in [0.2, 0.25) is 0 Å². The van der Waals surface area contributed by atoms with Gasteiger partial charge >= 0.3 is 0 Å². The Kier molecular flexibility index (Phi) is 3.80. The van der Waals surface area contributed by atoms with E-state index < -0.39 is 0 Å². The fourth-order valence-electron chi connectivity index (χ4n) is 0.663. The van der Waals surface area contributed by atoms with Gasteiger partial charge in [0.15, 0.2) is 0 Å². The smallest absolute Gasteiger partial charge is 0.0425 e. The molecule has 0 saturated carbocycles. The third kappa shape index (κ3) is 3.53. The van der Waals surface area contributed by atoms with Crippen molar-refractivity contribution in [2.75, 3.05) is 0 Å². The lowest BCUT2D eigenvalue weighted by Crippen LogP contribution is -1.83. The standard InChI is InChI=1S/C9H12N2S/c1-8(2)12-11-7-9-3-5-10-6-4-9/h3-8H,1-2H3. The molecule has 0 bridgehead atoms. The van der Waals surface area contributed by atoms with Crippen LogP contribution in [0.4, 0.5) is 0 Å². The molecule has 0 spiro atoms. The first-order valence-corrected chi connectivity index (χ1v) is 4.72. The molecule has 1 aromatic rings. The molecule has 0 aliphatic heterocycles. The van der Waals surface area contributed by atoms with E-state index >= 15 is 0 Å². The van der Waals surface area contributed by atoms with Crippen LogP contribution >= 0.6 is 11.9 Å². The van der Waals surface area contributed by atoms with E-state index in [4.69, 9.17) is 0 Å². The predicted octanol–water partition coefficient (Wildman–Crippen LogP) is 2.56. The maximum atomic E-state index is 4.20. The Balaban J connectivity index is 2.47. The normalized spacial score (nSPS) is 11.2. The second-order valence-corrected chi connectivity index (χ2v) is 4.03. The molecular weight excluding hydrogens is 168 g/mol. The summed E-state index contributed by atoms with van der Waals surface area (Å²) in [5.41, 5.74) is 1.10. The van der Waals surface area contributed by atoms with Crippen molar-refractivity contribution in [2.45, 2.75) is 19.1 Å². The van der Waals surface area contributed by atoms with E-state index in [9.17, 15) is 0 Å². The van der Waals surface area contributed by atoms with E-state index in [0.29, 0.717) is 5.25 Å². The predicted molar refractivity (Wildman–Crippen MR) is 54.6 cm³/mol. The fourth-order valence-corrected chi connectivity index (χ4v) is 1.09. The van der Waals surface area contributed by atoms with E-state index in [1.54, 1.807) is 24.3 Å². The fraction of sp³-hybridized carbons (Fsp3) is 0.333. The maximum Gasteiger partial charge on any atom is 0.0425 e. The van der Waals surface area contributed by atoms with Gasteiger partial charge in [-0.25, -0.2) is 4.40 Å². The van der Waals surface area contributed by atoms with Crippen LogP contribution in [0, 0.1) is 0 Å². The minimum atomic E-state index is 0.545. The van der Waals surface area contributed by atoms with E-state index in [1.165, 1.54) is 0 Å². The van der Waals surface area contributed by atoms with Crippen LogP contribution in [0.2, 0.25) is 0 Å². The third-order valence-corrected chi connectivity index (χ3v) is 1.83. The molecule has 1 rings (SSSR count). The van der Waals surface area contributed by atoms with Crippen molar-refractivity contribution in [3.05, 3.63) is 30.1 Å². The molecule has 0 fully saturated rings. The van der Waals surface area contributed by atoms with Gasteiger partial charge in [0, 0.05) is 23.9 Å². The number of hydrogen-bond donors (Lipinski definition) is 0. The summed E-state index contributed by atoms with van der Waals surface area (Å²) >= 11 is 1.58. The van der Waals surface area contributed by atoms with Gasteiger partial charge in [0.25, 0.3) is 0 Å². The van der Waals surface area contributed by atoms with Crippen LogP contribution in [0.15, 0.2) is 28.9 Å². The molecule has 0 aliphatic carbocycles. The Labute approximate surface area is 77.3 Å². The molecule has 0 aliphatic rings. The van der Waals surface area contributed by atoms with Crippen molar-refractivity contribution in [1.82, 2.24) is 4.98 Å². The van der Waals surface area contributed by atoms with Crippen molar-refractivity contribution >= 4 is 18.2 Å². The molecule has 0 unspecified atom stereocenters. The van der Waals surface area contributed by atoms with Crippen LogP contribution in [-0.4, -0.2) is 16.4 Å².